The zero-order valence-corrected chi connectivity index (χ0v) is 19.9. The van der Waals surface area contributed by atoms with Gasteiger partial charge in [0.05, 0.1) is 16.2 Å². The molecule has 0 spiro atoms. The van der Waals surface area contributed by atoms with Gasteiger partial charge < -0.3 is 9.13 Å². The van der Waals surface area contributed by atoms with E-state index in [0.717, 1.165) is 18.7 Å². The van der Waals surface area contributed by atoms with Crippen LogP contribution in [0.1, 0.15) is 12.6 Å². The summed E-state index contributed by atoms with van der Waals surface area (Å²) in [6.07, 6.45) is -4.75. The van der Waals surface area contributed by atoms with Gasteiger partial charge in [0.2, 0.25) is 0 Å². The molecule has 0 aliphatic heterocycles. The standard InChI is InChI=1S/C23H19ClF3N3O3S/c1-4-34(32,33)18-11-14(13-5-8-15(24)9-6-13)7-10-16(18)21-28-17-12-19(23(25,26)27)29(2)22(31)20(17)30(21)3/h5-12H,4H2,1-3H3. The van der Waals surface area contributed by atoms with Gasteiger partial charge in [-0.15, -0.1) is 0 Å². The number of rotatable bonds is 4. The summed E-state index contributed by atoms with van der Waals surface area (Å²) in [7, 11) is -1.26. The van der Waals surface area contributed by atoms with Gasteiger partial charge in [-0.1, -0.05) is 36.7 Å². The smallest absolute Gasteiger partial charge is 0.323 e. The number of imidazole rings is 1. The quantitative estimate of drug-likeness (QED) is 0.385. The maximum atomic E-state index is 13.4. The highest BCUT2D eigenvalue weighted by molar-refractivity contribution is 7.91. The second-order valence-electron chi connectivity index (χ2n) is 7.74. The van der Waals surface area contributed by atoms with Crippen molar-refractivity contribution in [1.82, 2.24) is 14.1 Å². The van der Waals surface area contributed by atoms with Crippen LogP contribution in [0.2, 0.25) is 5.02 Å². The minimum Gasteiger partial charge on any atom is -0.323 e. The van der Waals surface area contributed by atoms with E-state index in [0.29, 0.717) is 15.2 Å². The van der Waals surface area contributed by atoms with E-state index in [1.807, 2.05) is 0 Å². The van der Waals surface area contributed by atoms with Gasteiger partial charge in [-0.2, -0.15) is 13.2 Å². The molecular formula is C23H19ClF3N3O3S. The Balaban J connectivity index is 2.01. The van der Waals surface area contributed by atoms with Crippen LogP contribution < -0.4 is 5.56 Å². The van der Waals surface area contributed by atoms with Crippen LogP contribution in [0.4, 0.5) is 13.2 Å². The normalized spacial score (nSPS) is 12.4. The molecule has 2 aromatic heterocycles. The fourth-order valence-electron chi connectivity index (χ4n) is 3.82. The Kier molecular flexibility index (Phi) is 5.85. The SMILES string of the molecule is CCS(=O)(=O)c1cc(-c2ccc(Cl)cc2)ccc1-c1nc2cc(C(F)(F)F)n(C)c(=O)c2n1C. The van der Waals surface area contributed by atoms with E-state index in [2.05, 4.69) is 4.98 Å². The van der Waals surface area contributed by atoms with Crippen molar-refractivity contribution in [1.29, 1.82) is 0 Å². The first-order chi connectivity index (χ1) is 15.8. The molecule has 0 atom stereocenters. The van der Waals surface area contributed by atoms with Crippen molar-refractivity contribution in [2.24, 2.45) is 14.1 Å². The molecule has 0 saturated heterocycles. The lowest BCUT2D eigenvalue weighted by molar-refractivity contribution is -0.143. The molecule has 0 aliphatic rings. The number of pyridine rings is 1. The number of alkyl halides is 3. The van der Waals surface area contributed by atoms with Gasteiger partial charge in [-0.05, 0) is 41.5 Å². The fraction of sp³-hybridized carbons (Fsp3) is 0.217. The number of halogens is 4. The molecule has 0 N–H and O–H groups in total. The highest BCUT2D eigenvalue weighted by atomic mass is 35.5. The lowest BCUT2D eigenvalue weighted by atomic mass is 10.0. The van der Waals surface area contributed by atoms with Crippen LogP contribution >= 0.6 is 11.6 Å². The Labute approximate surface area is 198 Å². The summed E-state index contributed by atoms with van der Waals surface area (Å²) in [5.74, 6) is -0.130. The largest absolute Gasteiger partial charge is 0.431 e. The predicted molar refractivity (Wildman–Crippen MR) is 125 cm³/mol. The monoisotopic (exact) mass is 509 g/mol. The van der Waals surface area contributed by atoms with E-state index in [-0.39, 0.29) is 33.1 Å². The highest BCUT2D eigenvalue weighted by Gasteiger charge is 2.35. The molecule has 34 heavy (non-hydrogen) atoms. The number of benzene rings is 2. The van der Waals surface area contributed by atoms with E-state index in [1.165, 1.54) is 24.6 Å². The van der Waals surface area contributed by atoms with Crippen LogP contribution in [0.5, 0.6) is 0 Å². The van der Waals surface area contributed by atoms with Crippen LogP contribution in [0.15, 0.2) is 58.2 Å². The van der Waals surface area contributed by atoms with Crippen LogP contribution in [0.25, 0.3) is 33.5 Å². The molecule has 11 heteroatoms. The Morgan fingerprint density at radius 2 is 1.59 bits per heavy atom. The highest BCUT2D eigenvalue weighted by Crippen LogP contribution is 2.35. The van der Waals surface area contributed by atoms with Crippen LogP contribution in [-0.2, 0) is 30.1 Å². The number of sulfone groups is 1. The number of hydrogen-bond acceptors (Lipinski definition) is 4. The molecule has 4 aromatic rings. The van der Waals surface area contributed by atoms with Gasteiger partial charge in [0.15, 0.2) is 9.84 Å². The third-order valence-electron chi connectivity index (χ3n) is 5.67. The molecule has 178 valence electrons. The summed E-state index contributed by atoms with van der Waals surface area (Å²) < 4.78 is 68.0. The van der Waals surface area contributed by atoms with Crippen molar-refractivity contribution in [3.63, 3.8) is 0 Å². The summed E-state index contributed by atoms with van der Waals surface area (Å²) in [5.41, 5.74) is -0.730. The van der Waals surface area contributed by atoms with Crippen LogP contribution in [0, 0.1) is 0 Å². The number of aromatic nitrogens is 3. The minimum atomic E-state index is -4.75. The second-order valence-corrected chi connectivity index (χ2v) is 10.4. The van der Waals surface area contributed by atoms with Crippen molar-refractivity contribution in [2.45, 2.75) is 18.0 Å². The lowest BCUT2D eigenvalue weighted by Crippen LogP contribution is -2.26. The van der Waals surface area contributed by atoms with Crippen molar-refractivity contribution < 1.29 is 21.6 Å². The van der Waals surface area contributed by atoms with Gasteiger partial charge in [0, 0.05) is 24.7 Å². The Morgan fingerprint density at radius 3 is 2.18 bits per heavy atom. The van der Waals surface area contributed by atoms with Crippen molar-refractivity contribution >= 4 is 32.5 Å². The Bertz CT molecular complexity index is 1590. The lowest BCUT2D eigenvalue weighted by Gasteiger charge is -2.13. The maximum Gasteiger partial charge on any atom is 0.431 e. The van der Waals surface area contributed by atoms with E-state index < -0.39 is 27.3 Å². The fourth-order valence-corrected chi connectivity index (χ4v) is 5.06. The van der Waals surface area contributed by atoms with Gasteiger partial charge in [0.1, 0.15) is 17.0 Å². The molecule has 0 saturated carbocycles. The Hall–Kier alpha value is -3.11. The van der Waals surface area contributed by atoms with E-state index in [1.54, 1.807) is 36.4 Å². The Morgan fingerprint density at radius 1 is 0.971 bits per heavy atom. The molecule has 0 aliphatic carbocycles. The molecule has 0 fully saturated rings. The van der Waals surface area contributed by atoms with E-state index >= 15 is 0 Å². The third-order valence-corrected chi connectivity index (χ3v) is 7.69. The molecule has 0 radical (unpaired) electrons. The second kappa shape index (κ2) is 8.28. The van der Waals surface area contributed by atoms with Gasteiger partial charge >= 0.3 is 6.18 Å². The van der Waals surface area contributed by atoms with Crippen LogP contribution in [0.3, 0.4) is 0 Å². The molecule has 0 amide bonds. The average Bonchev–Trinajstić information content (AvgIpc) is 3.12. The number of fused-ring (bicyclic) bond motifs is 1. The summed E-state index contributed by atoms with van der Waals surface area (Å²) >= 11 is 5.95. The van der Waals surface area contributed by atoms with Gasteiger partial charge in [-0.3, -0.25) is 4.79 Å². The molecular weight excluding hydrogens is 491 g/mol. The van der Waals surface area contributed by atoms with Crippen molar-refractivity contribution in [2.75, 3.05) is 5.75 Å². The summed E-state index contributed by atoms with van der Waals surface area (Å²) in [6.45, 7) is 1.49. The number of hydrogen-bond donors (Lipinski definition) is 0. The van der Waals surface area contributed by atoms with Crippen molar-refractivity contribution in [3.05, 3.63) is 69.6 Å². The summed E-state index contributed by atoms with van der Waals surface area (Å²) in [6, 6.07) is 12.4. The zero-order valence-electron chi connectivity index (χ0n) is 18.3. The molecule has 0 bridgehead atoms. The van der Waals surface area contributed by atoms with Crippen LogP contribution in [-0.4, -0.2) is 28.3 Å². The first kappa shape index (κ1) is 24.0. The summed E-state index contributed by atoms with van der Waals surface area (Å²) in [4.78, 5) is 17.0. The summed E-state index contributed by atoms with van der Waals surface area (Å²) in [5, 5.41) is 0.529. The van der Waals surface area contributed by atoms with E-state index in [4.69, 9.17) is 11.6 Å². The third kappa shape index (κ3) is 4.01. The first-order valence-electron chi connectivity index (χ1n) is 10.1. The predicted octanol–water partition coefficient (Wildman–Crippen LogP) is 5.07. The molecule has 2 heterocycles. The number of nitrogens with zero attached hydrogens (tertiary/aromatic N) is 3. The maximum absolute atomic E-state index is 13.4. The van der Waals surface area contributed by atoms with Crippen molar-refractivity contribution in [3.8, 4) is 22.5 Å². The average molecular weight is 510 g/mol. The molecule has 4 rings (SSSR count). The first-order valence-corrected chi connectivity index (χ1v) is 12.1. The minimum absolute atomic E-state index is 0.0336. The molecule has 2 aromatic carbocycles. The topological polar surface area (TPSA) is 74.0 Å². The van der Waals surface area contributed by atoms with Gasteiger partial charge in [0.25, 0.3) is 5.56 Å². The zero-order chi connectivity index (χ0) is 25.0. The molecule has 0 unspecified atom stereocenters. The van der Waals surface area contributed by atoms with Gasteiger partial charge in [-0.25, -0.2) is 13.4 Å². The molecule has 6 nitrogen and oxygen atoms in total. The van der Waals surface area contributed by atoms with E-state index in [9.17, 15) is 26.4 Å². The number of aryl methyl sites for hydroxylation is 1.